The lowest BCUT2D eigenvalue weighted by molar-refractivity contribution is 0.462. The van der Waals surface area contributed by atoms with Crippen molar-refractivity contribution in [1.29, 1.82) is 0 Å². The maximum atomic E-state index is 4.13. The van der Waals surface area contributed by atoms with Gasteiger partial charge in [0.2, 0.25) is 0 Å². The summed E-state index contributed by atoms with van der Waals surface area (Å²) in [4.78, 5) is 1.63. The molecular formula is C16H24N4. The van der Waals surface area contributed by atoms with E-state index < -0.39 is 0 Å². The molecule has 108 valence electrons. The summed E-state index contributed by atoms with van der Waals surface area (Å²) in [6, 6.07) is 8.81. The van der Waals surface area contributed by atoms with Crippen LogP contribution in [0.1, 0.15) is 40.0 Å². The van der Waals surface area contributed by atoms with Gasteiger partial charge in [-0.1, -0.05) is 27.2 Å². The molecule has 2 unspecified atom stereocenters. The number of hydrogen-bond donors (Lipinski definition) is 1. The number of nitrogens with one attached hydrogen (secondary N) is 1. The van der Waals surface area contributed by atoms with Crippen LogP contribution in [0.5, 0.6) is 0 Å². The molecule has 0 amide bonds. The first-order chi connectivity index (χ1) is 9.72. The molecule has 0 aliphatic carbocycles. The molecule has 2 atom stereocenters. The fourth-order valence-electron chi connectivity index (χ4n) is 2.26. The fourth-order valence-corrected chi connectivity index (χ4v) is 2.26. The second-order valence-corrected chi connectivity index (χ2v) is 5.36. The predicted molar refractivity (Wildman–Crippen MR) is 83.1 cm³/mol. The Morgan fingerprint density at radius 2 is 1.70 bits per heavy atom. The van der Waals surface area contributed by atoms with Gasteiger partial charge in [0.15, 0.2) is 0 Å². The van der Waals surface area contributed by atoms with Crippen LogP contribution in [0.25, 0.3) is 5.69 Å². The SMILES string of the molecule is CCC(C)CC(CC)Nc1ccc(-n2nccn2)cc1. The molecule has 0 saturated carbocycles. The lowest BCUT2D eigenvalue weighted by atomic mass is 9.97. The van der Waals surface area contributed by atoms with Crippen molar-refractivity contribution < 1.29 is 0 Å². The molecule has 0 spiro atoms. The summed E-state index contributed by atoms with van der Waals surface area (Å²) in [6.07, 6.45) is 6.97. The molecular weight excluding hydrogens is 248 g/mol. The number of nitrogens with zero attached hydrogens (tertiary/aromatic N) is 3. The quantitative estimate of drug-likeness (QED) is 0.831. The van der Waals surface area contributed by atoms with Crippen LogP contribution >= 0.6 is 0 Å². The van der Waals surface area contributed by atoms with Crippen molar-refractivity contribution >= 4 is 5.69 Å². The Kier molecular flexibility index (Phi) is 5.16. The van der Waals surface area contributed by atoms with E-state index in [-0.39, 0.29) is 0 Å². The van der Waals surface area contributed by atoms with Crippen molar-refractivity contribution in [2.45, 2.75) is 46.1 Å². The number of aromatic nitrogens is 3. The average molecular weight is 272 g/mol. The minimum atomic E-state index is 0.540. The zero-order valence-electron chi connectivity index (χ0n) is 12.6. The molecule has 0 saturated heterocycles. The van der Waals surface area contributed by atoms with Gasteiger partial charge in [-0.25, -0.2) is 0 Å². The third-order valence-corrected chi connectivity index (χ3v) is 3.76. The Labute approximate surface area is 121 Å². The largest absolute Gasteiger partial charge is 0.382 e. The highest BCUT2D eigenvalue weighted by Gasteiger charge is 2.10. The molecule has 0 aliphatic rings. The maximum Gasteiger partial charge on any atom is 0.0858 e. The monoisotopic (exact) mass is 272 g/mol. The van der Waals surface area contributed by atoms with Gasteiger partial charge in [0.25, 0.3) is 0 Å². The molecule has 1 aromatic heterocycles. The molecule has 1 heterocycles. The molecule has 0 bridgehead atoms. The highest BCUT2D eigenvalue weighted by Crippen LogP contribution is 2.18. The Morgan fingerprint density at radius 1 is 1.05 bits per heavy atom. The predicted octanol–water partition coefficient (Wildman–Crippen LogP) is 3.89. The fraction of sp³-hybridized carbons (Fsp3) is 0.500. The topological polar surface area (TPSA) is 42.7 Å². The minimum absolute atomic E-state index is 0.540. The first-order valence-electron chi connectivity index (χ1n) is 7.46. The van der Waals surface area contributed by atoms with Crippen LogP contribution < -0.4 is 5.32 Å². The highest BCUT2D eigenvalue weighted by atomic mass is 15.5. The van der Waals surface area contributed by atoms with Crippen LogP contribution in [0.2, 0.25) is 0 Å². The van der Waals surface area contributed by atoms with Gasteiger partial charge in [-0.2, -0.15) is 15.0 Å². The maximum absolute atomic E-state index is 4.13. The molecule has 4 heteroatoms. The summed E-state index contributed by atoms with van der Waals surface area (Å²) in [5, 5.41) is 11.9. The molecule has 1 N–H and O–H groups in total. The van der Waals surface area contributed by atoms with Crippen molar-refractivity contribution in [3.63, 3.8) is 0 Å². The van der Waals surface area contributed by atoms with Gasteiger partial charge >= 0.3 is 0 Å². The first-order valence-corrected chi connectivity index (χ1v) is 7.46. The minimum Gasteiger partial charge on any atom is -0.382 e. The van der Waals surface area contributed by atoms with E-state index in [1.54, 1.807) is 17.2 Å². The van der Waals surface area contributed by atoms with Crippen molar-refractivity contribution in [2.75, 3.05) is 5.32 Å². The van der Waals surface area contributed by atoms with Crippen molar-refractivity contribution in [1.82, 2.24) is 15.0 Å². The summed E-state index contributed by atoms with van der Waals surface area (Å²) in [5.74, 6) is 0.764. The van der Waals surface area contributed by atoms with E-state index in [0.717, 1.165) is 23.7 Å². The molecule has 0 radical (unpaired) electrons. The Morgan fingerprint density at radius 3 is 2.25 bits per heavy atom. The highest BCUT2D eigenvalue weighted by molar-refractivity contribution is 5.48. The van der Waals surface area contributed by atoms with E-state index in [2.05, 4.69) is 48.4 Å². The van der Waals surface area contributed by atoms with Crippen LogP contribution in [0.3, 0.4) is 0 Å². The van der Waals surface area contributed by atoms with E-state index in [1.165, 1.54) is 12.8 Å². The van der Waals surface area contributed by atoms with E-state index in [1.807, 2.05) is 12.1 Å². The number of hydrogen-bond acceptors (Lipinski definition) is 3. The van der Waals surface area contributed by atoms with Crippen molar-refractivity contribution in [2.24, 2.45) is 5.92 Å². The Balaban J connectivity index is 1.99. The second-order valence-electron chi connectivity index (χ2n) is 5.36. The standard InChI is InChI=1S/C16H24N4/c1-4-13(3)12-14(5-2)19-15-6-8-16(9-7-15)20-17-10-11-18-20/h6-11,13-14,19H,4-5,12H2,1-3H3. The second kappa shape index (κ2) is 7.08. The van der Waals surface area contributed by atoms with Gasteiger partial charge in [-0.3, -0.25) is 0 Å². The zero-order chi connectivity index (χ0) is 14.4. The van der Waals surface area contributed by atoms with Crippen LogP contribution in [-0.4, -0.2) is 21.0 Å². The van der Waals surface area contributed by atoms with Crippen LogP contribution in [-0.2, 0) is 0 Å². The molecule has 0 fully saturated rings. The molecule has 20 heavy (non-hydrogen) atoms. The average Bonchev–Trinajstić information content (AvgIpc) is 3.01. The summed E-state index contributed by atoms with van der Waals surface area (Å²) in [6.45, 7) is 6.81. The number of benzene rings is 1. The third-order valence-electron chi connectivity index (χ3n) is 3.76. The molecule has 4 nitrogen and oxygen atoms in total. The summed E-state index contributed by atoms with van der Waals surface area (Å²) < 4.78 is 0. The van der Waals surface area contributed by atoms with Gasteiger partial charge in [-0.15, -0.1) is 0 Å². The third kappa shape index (κ3) is 3.83. The lowest BCUT2D eigenvalue weighted by Gasteiger charge is -2.21. The van der Waals surface area contributed by atoms with Gasteiger partial charge in [0.05, 0.1) is 18.1 Å². The molecule has 2 rings (SSSR count). The van der Waals surface area contributed by atoms with Gasteiger partial charge < -0.3 is 5.32 Å². The van der Waals surface area contributed by atoms with Crippen molar-refractivity contribution in [3.8, 4) is 5.69 Å². The summed E-state index contributed by atoms with van der Waals surface area (Å²) in [5.41, 5.74) is 2.14. The lowest BCUT2D eigenvalue weighted by Crippen LogP contribution is -2.21. The summed E-state index contributed by atoms with van der Waals surface area (Å²) >= 11 is 0. The molecule has 0 aliphatic heterocycles. The smallest absolute Gasteiger partial charge is 0.0858 e. The molecule has 1 aromatic carbocycles. The summed E-state index contributed by atoms with van der Waals surface area (Å²) in [7, 11) is 0. The van der Waals surface area contributed by atoms with E-state index in [9.17, 15) is 0 Å². The number of anilines is 1. The first kappa shape index (κ1) is 14.6. The Hall–Kier alpha value is -1.84. The van der Waals surface area contributed by atoms with Crippen molar-refractivity contribution in [3.05, 3.63) is 36.7 Å². The number of rotatable bonds is 7. The van der Waals surface area contributed by atoms with E-state index >= 15 is 0 Å². The van der Waals surface area contributed by atoms with Gasteiger partial charge in [-0.05, 0) is 43.0 Å². The Bertz CT molecular complexity index is 490. The normalized spacial score (nSPS) is 13.9. The zero-order valence-corrected chi connectivity index (χ0v) is 12.6. The van der Waals surface area contributed by atoms with E-state index in [4.69, 9.17) is 0 Å². The van der Waals surface area contributed by atoms with Crippen LogP contribution in [0.15, 0.2) is 36.7 Å². The van der Waals surface area contributed by atoms with Gasteiger partial charge in [0, 0.05) is 11.7 Å². The molecule has 2 aromatic rings. The van der Waals surface area contributed by atoms with E-state index in [0.29, 0.717) is 6.04 Å². The van der Waals surface area contributed by atoms with Crippen LogP contribution in [0, 0.1) is 5.92 Å². The van der Waals surface area contributed by atoms with Gasteiger partial charge in [0.1, 0.15) is 0 Å². The van der Waals surface area contributed by atoms with Crippen LogP contribution in [0.4, 0.5) is 5.69 Å².